The van der Waals surface area contributed by atoms with Gasteiger partial charge in [0.05, 0.1) is 11.4 Å². The molecule has 7 heteroatoms. The first-order valence-electron chi connectivity index (χ1n) is 12.3. The largest absolute Gasteiger partial charge is 0.351 e. The van der Waals surface area contributed by atoms with Crippen molar-refractivity contribution < 1.29 is 9.59 Å². The fourth-order valence-electron chi connectivity index (χ4n) is 5.17. The van der Waals surface area contributed by atoms with E-state index in [1.54, 1.807) is 20.9 Å². The molecule has 3 aromatic rings. The highest BCUT2D eigenvalue weighted by atomic mass is 32.1. The molecule has 0 radical (unpaired) electrons. The Bertz CT molecular complexity index is 1160. The molecule has 34 heavy (non-hydrogen) atoms. The smallest absolute Gasteiger partial charge is 0.277 e. The third-order valence-corrected chi connectivity index (χ3v) is 8.04. The van der Waals surface area contributed by atoms with E-state index in [2.05, 4.69) is 5.32 Å². The van der Waals surface area contributed by atoms with Gasteiger partial charge in [0.25, 0.3) is 5.91 Å². The van der Waals surface area contributed by atoms with Crippen molar-refractivity contribution in [3.05, 3.63) is 59.1 Å². The van der Waals surface area contributed by atoms with Crippen molar-refractivity contribution in [2.75, 3.05) is 4.90 Å². The van der Waals surface area contributed by atoms with Crippen molar-refractivity contribution >= 4 is 28.8 Å². The number of nitrogens with one attached hydrogen (secondary N) is 1. The number of thiophene rings is 1. The molecule has 2 aromatic heterocycles. The van der Waals surface area contributed by atoms with Gasteiger partial charge in [0, 0.05) is 11.7 Å². The standard InChI is InChI=1S/C27H32N4O2S/c1-19-12-14-21(15-13-19)31-25(32)23-17-22(24-11-8-16-34-24)29-30(23)18-27(31,2)26(33)28-20-9-6-4-3-5-7-10-20/h8,11-17,20H,3-7,9-10,18H2,1-2H3,(H,28,33)/t27-/m1/s1. The van der Waals surface area contributed by atoms with Gasteiger partial charge in [0.15, 0.2) is 0 Å². The summed E-state index contributed by atoms with van der Waals surface area (Å²) in [6.07, 6.45) is 7.99. The summed E-state index contributed by atoms with van der Waals surface area (Å²) in [6, 6.07) is 13.8. The number of carbonyl (C=O) groups excluding carboxylic acids is 2. The summed E-state index contributed by atoms with van der Waals surface area (Å²) in [6.45, 7) is 4.20. The van der Waals surface area contributed by atoms with E-state index in [1.165, 1.54) is 19.3 Å². The molecule has 2 aliphatic rings. The Kier molecular flexibility index (Phi) is 6.30. The molecule has 178 valence electrons. The Hall–Kier alpha value is -2.93. The number of aryl methyl sites for hydroxylation is 1. The van der Waals surface area contributed by atoms with Crippen LogP contribution < -0.4 is 10.2 Å². The minimum atomic E-state index is -1.08. The zero-order chi connectivity index (χ0) is 23.7. The lowest BCUT2D eigenvalue weighted by Crippen LogP contribution is -2.65. The van der Waals surface area contributed by atoms with Gasteiger partial charge in [-0.15, -0.1) is 11.3 Å². The number of hydrogen-bond acceptors (Lipinski definition) is 4. The molecule has 6 nitrogen and oxygen atoms in total. The molecule has 1 N–H and O–H groups in total. The molecule has 1 aliphatic carbocycles. The number of carbonyl (C=O) groups is 2. The van der Waals surface area contributed by atoms with Crippen LogP contribution in [0.2, 0.25) is 0 Å². The highest BCUT2D eigenvalue weighted by Gasteiger charge is 2.49. The minimum absolute atomic E-state index is 0.106. The first kappa shape index (κ1) is 22.8. The van der Waals surface area contributed by atoms with E-state index in [0.717, 1.165) is 47.5 Å². The van der Waals surface area contributed by atoms with E-state index in [0.29, 0.717) is 12.2 Å². The van der Waals surface area contributed by atoms with Crippen molar-refractivity contribution in [1.29, 1.82) is 0 Å². The first-order valence-corrected chi connectivity index (χ1v) is 13.2. The summed E-state index contributed by atoms with van der Waals surface area (Å²) in [5.74, 6) is -0.299. The van der Waals surface area contributed by atoms with Gasteiger partial charge in [-0.3, -0.25) is 19.2 Å². The van der Waals surface area contributed by atoms with Crippen molar-refractivity contribution in [3.8, 4) is 10.6 Å². The Morgan fingerprint density at radius 2 is 1.79 bits per heavy atom. The second-order valence-electron chi connectivity index (χ2n) is 9.82. The maximum Gasteiger partial charge on any atom is 0.277 e. The van der Waals surface area contributed by atoms with Crippen LogP contribution in [0.4, 0.5) is 5.69 Å². The number of aromatic nitrogens is 2. The molecule has 1 fully saturated rings. The summed E-state index contributed by atoms with van der Waals surface area (Å²) in [4.78, 5) is 30.5. The summed E-state index contributed by atoms with van der Waals surface area (Å²) in [5, 5.41) is 10.1. The number of nitrogens with zero attached hydrogens (tertiary/aromatic N) is 3. The molecule has 2 amide bonds. The van der Waals surface area contributed by atoms with Gasteiger partial charge in [0.2, 0.25) is 5.91 Å². The van der Waals surface area contributed by atoms with Crippen LogP contribution in [0.1, 0.15) is 67.9 Å². The van der Waals surface area contributed by atoms with Crippen LogP contribution in [-0.2, 0) is 11.3 Å². The van der Waals surface area contributed by atoms with Crippen molar-refractivity contribution in [1.82, 2.24) is 15.1 Å². The molecule has 1 saturated carbocycles. The number of fused-ring (bicyclic) bond motifs is 1. The SMILES string of the molecule is Cc1ccc(N2C(=O)c3cc(-c4cccs4)nn3C[C@]2(C)C(=O)NC2CCCCCCC2)cc1. The van der Waals surface area contributed by atoms with Crippen LogP contribution in [0.25, 0.3) is 10.6 Å². The molecule has 1 aliphatic heterocycles. The van der Waals surface area contributed by atoms with Crippen molar-refractivity contribution in [3.63, 3.8) is 0 Å². The van der Waals surface area contributed by atoms with Gasteiger partial charge in [-0.05, 0) is 56.3 Å². The topological polar surface area (TPSA) is 67.2 Å². The maximum atomic E-state index is 13.9. The van der Waals surface area contributed by atoms with E-state index < -0.39 is 5.54 Å². The third kappa shape index (κ3) is 4.29. The van der Waals surface area contributed by atoms with Crippen LogP contribution in [-0.4, -0.2) is 33.2 Å². The van der Waals surface area contributed by atoms with Gasteiger partial charge < -0.3 is 5.32 Å². The van der Waals surface area contributed by atoms with Crippen LogP contribution in [0.3, 0.4) is 0 Å². The quantitative estimate of drug-likeness (QED) is 0.535. The molecule has 0 saturated heterocycles. The Balaban J connectivity index is 1.52. The minimum Gasteiger partial charge on any atom is -0.351 e. The second-order valence-corrected chi connectivity index (χ2v) is 10.8. The monoisotopic (exact) mass is 476 g/mol. The molecule has 0 spiro atoms. The number of amides is 2. The Labute approximate surface area is 205 Å². The number of anilines is 1. The predicted octanol–water partition coefficient (Wildman–Crippen LogP) is 5.57. The summed E-state index contributed by atoms with van der Waals surface area (Å²) < 4.78 is 1.72. The van der Waals surface area contributed by atoms with Crippen molar-refractivity contribution in [2.24, 2.45) is 0 Å². The summed E-state index contributed by atoms with van der Waals surface area (Å²) >= 11 is 1.59. The van der Waals surface area contributed by atoms with Gasteiger partial charge in [-0.1, -0.05) is 55.9 Å². The van der Waals surface area contributed by atoms with Crippen LogP contribution in [0.5, 0.6) is 0 Å². The first-order chi connectivity index (χ1) is 16.5. The molecule has 3 heterocycles. The molecular formula is C27H32N4O2S. The highest BCUT2D eigenvalue weighted by molar-refractivity contribution is 7.13. The van der Waals surface area contributed by atoms with Gasteiger partial charge >= 0.3 is 0 Å². The van der Waals surface area contributed by atoms with E-state index in [1.807, 2.05) is 61.7 Å². The van der Waals surface area contributed by atoms with Crippen molar-refractivity contribution in [2.45, 2.75) is 76.9 Å². The van der Waals surface area contributed by atoms with Gasteiger partial charge in [-0.2, -0.15) is 5.10 Å². The highest BCUT2D eigenvalue weighted by Crippen LogP contribution is 2.35. The zero-order valence-electron chi connectivity index (χ0n) is 19.9. The molecule has 1 atom stereocenters. The third-order valence-electron chi connectivity index (χ3n) is 7.15. The van der Waals surface area contributed by atoms with Gasteiger partial charge in [0.1, 0.15) is 16.9 Å². The lowest BCUT2D eigenvalue weighted by molar-refractivity contribution is -0.127. The van der Waals surface area contributed by atoms with E-state index >= 15 is 0 Å². The van der Waals surface area contributed by atoms with Crippen LogP contribution in [0, 0.1) is 6.92 Å². The Morgan fingerprint density at radius 1 is 1.09 bits per heavy atom. The lowest BCUT2D eigenvalue weighted by Gasteiger charge is -2.43. The zero-order valence-corrected chi connectivity index (χ0v) is 20.7. The van der Waals surface area contributed by atoms with Crippen LogP contribution in [0.15, 0.2) is 47.8 Å². The van der Waals surface area contributed by atoms with Gasteiger partial charge in [-0.25, -0.2) is 0 Å². The maximum absolute atomic E-state index is 13.9. The number of rotatable bonds is 4. The van der Waals surface area contributed by atoms with E-state index in [4.69, 9.17) is 5.10 Å². The van der Waals surface area contributed by atoms with E-state index in [9.17, 15) is 9.59 Å². The molecular weight excluding hydrogens is 444 g/mol. The number of benzene rings is 1. The summed E-state index contributed by atoms with van der Waals surface area (Å²) in [5.41, 5.74) is 2.04. The average molecular weight is 477 g/mol. The molecule has 5 rings (SSSR count). The van der Waals surface area contributed by atoms with E-state index in [-0.39, 0.29) is 17.9 Å². The summed E-state index contributed by atoms with van der Waals surface area (Å²) in [7, 11) is 0. The fraction of sp³-hybridized carbons (Fsp3) is 0.444. The average Bonchev–Trinajstić information content (AvgIpc) is 3.47. The molecule has 0 unspecified atom stereocenters. The Morgan fingerprint density at radius 3 is 2.47 bits per heavy atom. The molecule has 1 aromatic carbocycles. The number of hydrogen-bond donors (Lipinski definition) is 1. The second kappa shape index (κ2) is 9.37. The predicted molar refractivity (Wildman–Crippen MR) is 136 cm³/mol. The lowest BCUT2D eigenvalue weighted by atomic mass is 9.91. The normalized spacial score (nSPS) is 21.6. The fourth-order valence-corrected chi connectivity index (χ4v) is 5.85. The van der Waals surface area contributed by atoms with Crippen LogP contribution >= 0.6 is 11.3 Å². The molecule has 0 bridgehead atoms.